The van der Waals surface area contributed by atoms with Crippen LogP contribution in [0.4, 0.5) is 22.0 Å². The molecule has 0 aliphatic rings. The van der Waals surface area contributed by atoms with Crippen LogP contribution in [0.2, 0.25) is 5.02 Å². The molecule has 0 amide bonds. The Hall–Kier alpha value is -1.18. The van der Waals surface area contributed by atoms with E-state index in [2.05, 4.69) is 0 Å². The molecule has 1 heterocycles. The van der Waals surface area contributed by atoms with Crippen molar-refractivity contribution in [3.63, 3.8) is 0 Å². The van der Waals surface area contributed by atoms with Gasteiger partial charge in [-0.05, 0) is 17.5 Å². The number of halogens is 6. The van der Waals surface area contributed by atoms with E-state index in [1.54, 1.807) is 0 Å². The lowest BCUT2D eigenvalue weighted by Crippen LogP contribution is -2.55. The van der Waals surface area contributed by atoms with Gasteiger partial charge in [-0.25, -0.2) is 0 Å². The Morgan fingerprint density at radius 3 is 2.05 bits per heavy atom. The van der Waals surface area contributed by atoms with E-state index in [0.717, 1.165) is 18.2 Å². The van der Waals surface area contributed by atoms with Crippen LogP contribution in [0.3, 0.4) is 0 Å². The molecule has 2 rings (SSSR count). The fraction of sp³-hybridized carbons (Fsp3) is 0.231. The van der Waals surface area contributed by atoms with Crippen LogP contribution < -0.4 is 0 Å². The minimum absolute atomic E-state index is 0.377. The molecule has 21 heavy (non-hydrogen) atoms. The molecule has 1 aromatic carbocycles. The van der Waals surface area contributed by atoms with Crippen molar-refractivity contribution in [2.24, 2.45) is 0 Å². The van der Waals surface area contributed by atoms with Gasteiger partial charge in [0.15, 0.2) is 5.60 Å². The van der Waals surface area contributed by atoms with Gasteiger partial charge in [-0.1, -0.05) is 35.9 Å². The summed E-state index contributed by atoms with van der Waals surface area (Å²) in [4.78, 5) is -0.544. The molecule has 1 aromatic heterocycles. The smallest absolute Gasteiger partial charge is 0.373 e. The summed E-state index contributed by atoms with van der Waals surface area (Å²) < 4.78 is 66.3. The Labute approximate surface area is 125 Å². The normalized spacial score (nSPS) is 15.8. The topological polar surface area (TPSA) is 20.2 Å². The van der Waals surface area contributed by atoms with Gasteiger partial charge in [0.1, 0.15) is 0 Å². The maximum atomic E-state index is 14.0. The van der Waals surface area contributed by atoms with Gasteiger partial charge in [-0.15, -0.1) is 11.3 Å². The lowest BCUT2D eigenvalue weighted by molar-refractivity contribution is -0.335. The quantitative estimate of drug-likeness (QED) is 0.792. The van der Waals surface area contributed by atoms with E-state index in [4.69, 9.17) is 11.6 Å². The number of thiophene rings is 1. The fourth-order valence-electron chi connectivity index (χ4n) is 1.90. The van der Waals surface area contributed by atoms with E-state index >= 15 is 0 Å². The second-order valence-corrected chi connectivity index (χ2v) is 5.59. The second-order valence-electron chi connectivity index (χ2n) is 4.24. The van der Waals surface area contributed by atoms with E-state index in [1.165, 1.54) is 23.6 Å². The third-order valence-electron chi connectivity index (χ3n) is 2.95. The average Bonchev–Trinajstić information content (AvgIpc) is 2.91. The number of benzene rings is 1. The largest absolute Gasteiger partial charge is 0.457 e. The van der Waals surface area contributed by atoms with Crippen LogP contribution in [0, 0.1) is 0 Å². The molecule has 0 saturated heterocycles. The van der Waals surface area contributed by atoms with E-state index in [0.29, 0.717) is 11.3 Å². The van der Waals surface area contributed by atoms with Crippen LogP contribution in [0.25, 0.3) is 0 Å². The number of aliphatic hydroxyl groups is 1. The van der Waals surface area contributed by atoms with Crippen molar-refractivity contribution >= 4 is 22.9 Å². The van der Waals surface area contributed by atoms with E-state index in [1.807, 2.05) is 0 Å². The summed E-state index contributed by atoms with van der Waals surface area (Å²) in [6.07, 6.45) is -5.94. The molecule has 0 fully saturated rings. The highest BCUT2D eigenvalue weighted by Crippen LogP contribution is 2.53. The van der Waals surface area contributed by atoms with Crippen LogP contribution in [0.1, 0.15) is 10.4 Å². The highest BCUT2D eigenvalue weighted by atomic mass is 35.5. The number of alkyl halides is 5. The van der Waals surface area contributed by atoms with Gasteiger partial charge in [-0.2, -0.15) is 22.0 Å². The summed E-state index contributed by atoms with van der Waals surface area (Å²) in [6.45, 7) is 0. The molecule has 0 saturated carbocycles. The average molecular weight is 343 g/mol. The maximum absolute atomic E-state index is 14.0. The molecule has 0 radical (unpaired) electrons. The summed E-state index contributed by atoms with van der Waals surface area (Å²) >= 11 is 6.31. The molecule has 8 heteroatoms. The van der Waals surface area contributed by atoms with E-state index in [9.17, 15) is 27.1 Å². The first-order chi connectivity index (χ1) is 9.62. The summed E-state index contributed by atoms with van der Waals surface area (Å²) in [7, 11) is 0. The minimum atomic E-state index is -5.94. The van der Waals surface area contributed by atoms with Crippen LogP contribution in [-0.2, 0) is 5.60 Å². The van der Waals surface area contributed by atoms with Gasteiger partial charge in [0.05, 0.1) is 0 Å². The molecule has 1 atom stereocenters. The Bertz CT molecular complexity index is 626. The molecule has 0 aliphatic heterocycles. The first-order valence-electron chi connectivity index (χ1n) is 5.58. The molecular formula is C13H8ClF5OS. The van der Waals surface area contributed by atoms with Gasteiger partial charge in [0.25, 0.3) is 0 Å². The zero-order valence-corrected chi connectivity index (χ0v) is 11.7. The standard InChI is InChI=1S/C13H8ClF5OS/c14-9-5-2-1-4-8(9)11(20,10-6-3-7-21-10)12(15,16)13(17,18)19/h1-7,20H. The lowest BCUT2D eigenvalue weighted by atomic mass is 9.85. The molecule has 1 nitrogen and oxygen atoms in total. The summed E-state index contributed by atoms with van der Waals surface area (Å²) in [5.41, 5.74) is -4.28. The van der Waals surface area contributed by atoms with Crippen molar-refractivity contribution in [2.45, 2.75) is 17.7 Å². The van der Waals surface area contributed by atoms with Crippen molar-refractivity contribution < 1.29 is 27.1 Å². The van der Waals surface area contributed by atoms with Crippen LogP contribution in [-0.4, -0.2) is 17.2 Å². The molecule has 0 aliphatic carbocycles. The lowest BCUT2D eigenvalue weighted by Gasteiger charge is -2.36. The summed E-state index contributed by atoms with van der Waals surface area (Å²) in [5.74, 6) is -5.41. The number of rotatable bonds is 3. The zero-order valence-electron chi connectivity index (χ0n) is 10.2. The van der Waals surface area contributed by atoms with Crippen LogP contribution >= 0.6 is 22.9 Å². The van der Waals surface area contributed by atoms with Crippen molar-refractivity contribution in [2.75, 3.05) is 0 Å². The maximum Gasteiger partial charge on any atom is 0.457 e. The van der Waals surface area contributed by atoms with Gasteiger partial charge >= 0.3 is 12.1 Å². The Morgan fingerprint density at radius 1 is 0.952 bits per heavy atom. The third-order valence-corrected chi connectivity index (χ3v) is 4.26. The van der Waals surface area contributed by atoms with Crippen molar-refractivity contribution in [1.82, 2.24) is 0 Å². The molecule has 114 valence electrons. The van der Waals surface area contributed by atoms with Gasteiger partial charge in [0, 0.05) is 15.5 Å². The number of hydrogen-bond acceptors (Lipinski definition) is 2. The van der Waals surface area contributed by atoms with Gasteiger partial charge < -0.3 is 5.11 Å². The molecule has 1 unspecified atom stereocenters. The summed E-state index contributed by atoms with van der Waals surface area (Å²) in [6, 6.07) is 6.96. The molecule has 1 N–H and O–H groups in total. The van der Waals surface area contributed by atoms with Crippen LogP contribution in [0.5, 0.6) is 0 Å². The number of hydrogen-bond donors (Lipinski definition) is 1. The van der Waals surface area contributed by atoms with Gasteiger partial charge in [-0.3, -0.25) is 0 Å². The fourth-order valence-corrected chi connectivity index (χ4v) is 3.04. The highest BCUT2D eigenvalue weighted by Gasteiger charge is 2.72. The Balaban J connectivity index is 2.77. The third kappa shape index (κ3) is 2.43. The second kappa shape index (κ2) is 5.23. The Kier molecular flexibility index (Phi) is 4.03. The monoisotopic (exact) mass is 342 g/mol. The minimum Gasteiger partial charge on any atom is -0.373 e. The van der Waals surface area contributed by atoms with E-state index < -0.39 is 28.1 Å². The van der Waals surface area contributed by atoms with Crippen molar-refractivity contribution in [1.29, 1.82) is 0 Å². The summed E-state index contributed by atoms with van der Waals surface area (Å²) in [5, 5.41) is 11.3. The molecule has 0 spiro atoms. The van der Waals surface area contributed by atoms with Crippen molar-refractivity contribution in [3.8, 4) is 0 Å². The molecule has 2 aromatic rings. The molecular weight excluding hydrogens is 335 g/mol. The predicted octanol–water partition coefficient (Wildman–Crippen LogP) is 4.84. The highest BCUT2D eigenvalue weighted by molar-refractivity contribution is 7.10. The predicted molar refractivity (Wildman–Crippen MR) is 69.8 cm³/mol. The Morgan fingerprint density at radius 2 is 1.57 bits per heavy atom. The molecule has 0 bridgehead atoms. The zero-order chi connectivity index (χ0) is 15.9. The van der Waals surface area contributed by atoms with Gasteiger partial charge in [0.2, 0.25) is 0 Å². The first-order valence-corrected chi connectivity index (χ1v) is 6.84. The SMILES string of the molecule is OC(c1cccs1)(c1ccccc1Cl)C(F)(F)C(F)(F)F. The van der Waals surface area contributed by atoms with Crippen LogP contribution in [0.15, 0.2) is 41.8 Å². The first kappa shape index (κ1) is 16.2. The van der Waals surface area contributed by atoms with E-state index in [-0.39, 0.29) is 5.02 Å². The van der Waals surface area contributed by atoms with Crippen molar-refractivity contribution in [3.05, 3.63) is 57.2 Å².